The minimum atomic E-state index is -0.288. The monoisotopic (exact) mass is 300 g/mol. The Bertz CT molecular complexity index is 483. The van der Waals surface area contributed by atoms with Crippen LogP contribution in [0.2, 0.25) is 0 Å². The van der Waals surface area contributed by atoms with Gasteiger partial charge in [0.05, 0.1) is 25.0 Å². The van der Waals surface area contributed by atoms with E-state index in [0.29, 0.717) is 12.8 Å². The molecule has 7 heteroatoms. The largest absolute Gasteiger partial charge is 0.469 e. The van der Waals surface area contributed by atoms with Crippen molar-refractivity contribution in [1.82, 2.24) is 0 Å². The summed E-state index contributed by atoms with van der Waals surface area (Å²) in [5.41, 5.74) is 2.71. The fraction of sp³-hybridized carbons (Fsp3) is 0.462. The van der Waals surface area contributed by atoms with Crippen LogP contribution in [0.5, 0.6) is 0 Å². The molecule has 6 nitrogen and oxygen atoms in total. The van der Waals surface area contributed by atoms with Crippen molar-refractivity contribution in [2.24, 2.45) is 10.3 Å². The minimum absolute atomic E-state index is 0. The number of carbonyl (C=O) groups is 1. The van der Waals surface area contributed by atoms with Gasteiger partial charge in [0.1, 0.15) is 13.2 Å². The first-order valence-corrected chi connectivity index (χ1v) is 6.01. The molecule has 1 atom stereocenters. The average Bonchev–Trinajstić information content (AvgIpc) is 2.88. The quantitative estimate of drug-likeness (QED) is 0.588. The number of nitrogens with zero attached hydrogens (tertiary/aromatic N) is 2. The Morgan fingerprint density at radius 3 is 2.90 bits per heavy atom. The Morgan fingerprint density at radius 2 is 2.30 bits per heavy atom. The number of methoxy groups -OCH3 is 1. The zero-order valence-electron chi connectivity index (χ0n) is 11.4. The van der Waals surface area contributed by atoms with Crippen molar-refractivity contribution in [3.05, 3.63) is 23.8 Å². The summed E-state index contributed by atoms with van der Waals surface area (Å²) in [6, 6.07) is 0. The molecule has 0 radical (unpaired) electrons. The molecule has 20 heavy (non-hydrogen) atoms. The van der Waals surface area contributed by atoms with Crippen molar-refractivity contribution >= 4 is 29.8 Å². The molecule has 0 fully saturated rings. The van der Waals surface area contributed by atoms with E-state index in [2.05, 4.69) is 15.0 Å². The zero-order valence-corrected chi connectivity index (χ0v) is 12.2. The molecule has 0 saturated carbocycles. The van der Waals surface area contributed by atoms with Gasteiger partial charge in [-0.15, -0.1) is 12.4 Å². The second-order valence-corrected chi connectivity index (χ2v) is 4.21. The van der Waals surface area contributed by atoms with Gasteiger partial charge in [-0.05, 0) is 11.6 Å². The number of ether oxygens (including phenoxy) is 1. The van der Waals surface area contributed by atoms with E-state index in [9.17, 15) is 4.79 Å². The molecule has 2 aliphatic rings. The van der Waals surface area contributed by atoms with Gasteiger partial charge in [0.15, 0.2) is 0 Å². The fourth-order valence-corrected chi connectivity index (χ4v) is 1.91. The molecule has 0 amide bonds. The summed E-state index contributed by atoms with van der Waals surface area (Å²) < 4.78 is 4.61. The molecule has 0 spiro atoms. The fourth-order valence-electron chi connectivity index (χ4n) is 1.91. The first-order chi connectivity index (χ1) is 9.22. The topological polar surface area (TPSA) is 69.5 Å². The number of esters is 1. The van der Waals surface area contributed by atoms with Gasteiger partial charge in [0.2, 0.25) is 0 Å². The third kappa shape index (κ3) is 4.09. The van der Waals surface area contributed by atoms with Gasteiger partial charge < -0.3 is 14.4 Å². The maximum Gasteiger partial charge on any atom is 0.309 e. The molecule has 2 rings (SSSR count). The van der Waals surface area contributed by atoms with Crippen molar-refractivity contribution in [3.8, 4) is 0 Å². The van der Waals surface area contributed by atoms with E-state index in [1.165, 1.54) is 14.2 Å². The molecule has 0 aromatic rings. The number of allylic oxidation sites excluding steroid dienone is 4. The summed E-state index contributed by atoms with van der Waals surface area (Å²) >= 11 is 0. The maximum atomic E-state index is 11.2. The van der Waals surface area contributed by atoms with Crippen LogP contribution in [0.25, 0.3) is 0 Å². The molecule has 0 aromatic carbocycles. The number of carbonyl (C=O) groups excluding carboxylic acids is 1. The molecule has 110 valence electrons. The Labute approximate surface area is 123 Å². The third-order valence-corrected chi connectivity index (χ3v) is 2.88. The summed E-state index contributed by atoms with van der Waals surface area (Å²) in [5.74, 6) is -0.288. The highest BCUT2D eigenvalue weighted by atomic mass is 35.5. The third-order valence-electron chi connectivity index (χ3n) is 2.88. The van der Waals surface area contributed by atoms with Crippen LogP contribution in [0.1, 0.15) is 19.3 Å². The summed E-state index contributed by atoms with van der Waals surface area (Å²) in [7, 11) is 2.88. The lowest BCUT2D eigenvalue weighted by molar-refractivity contribution is -0.143. The van der Waals surface area contributed by atoms with Gasteiger partial charge in [0, 0.05) is 12.8 Å². The van der Waals surface area contributed by atoms with Gasteiger partial charge in [-0.3, -0.25) is 4.79 Å². The second kappa shape index (κ2) is 7.69. The molecule has 1 aliphatic carbocycles. The van der Waals surface area contributed by atoms with Crippen molar-refractivity contribution < 1.29 is 19.2 Å². The van der Waals surface area contributed by atoms with Gasteiger partial charge >= 0.3 is 5.97 Å². The SMILES string of the molecule is CON=C1C=CC(C2=NOC(CC(=O)OC)C2)=CC1.Cl. The number of rotatable bonds is 4. The van der Waals surface area contributed by atoms with Crippen LogP contribution in [-0.2, 0) is 19.2 Å². The van der Waals surface area contributed by atoms with Crippen LogP contribution in [-0.4, -0.2) is 37.7 Å². The lowest BCUT2D eigenvalue weighted by atomic mass is 9.98. The van der Waals surface area contributed by atoms with Crippen LogP contribution < -0.4 is 0 Å². The molecular weight excluding hydrogens is 284 g/mol. The maximum absolute atomic E-state index is 11.2. The Balaban J connectivity index is 0.00000200. The van der Waals surface area contributed by atoms with E-state index < -0.39 is 0 Å². The van der Waals surface area contributed by atoms with Crippen LogP contribution in [0.3, 0.4) is 0 Å². The molecule has 1 heterocycles. The molecule has 0 bridgehead atoms. The first-order valence-electron chi connectivity index (χ1n) is 6.01. The van der Waals surface area contributed by atoms with Crippen LogP contribution in [0.4, 0.5) is 0 Å². The van der Waals surface area contributed by atoms with Gasteiger partial charge in [-0.2, -0.15) is 0 Å². The van der Waals surface area contributed by atoms with Crippen LogP contribution in [0, 0.1) is 0 Å². The number of hydrogen-bond donors (Lipinski definition) is 0. The smallest absolute Gasteiger partial charge is 0.309 e. The van der Waals surface area contributed by atoms with Crippen molar-refractivity contribution in [1.29, 1.82) is 0 Å². The first kappa shape index (κ1) is 16.2. The van der Waals surface area contributed by atoms with E-state index in [1.807, 2.05) is 18.2 Å². The molecule has 0 saturated heterocycles. The summed E-state index contributed by atoms with van der Waals surface area (Å²) in [4.78, 5) is 21.1. The molecule has 0 N–H and O–H groups in total. The standard InChI is InChI=1S/C13H16N2O4.ClH/c1-17-13(16)8-11-7-12(15-19-11)9-3-5-10(6-4-9)14-18-2;/h3-5,11H,6-8H2,1-2H3;1H. The molecule has 1 aliphatic heterocycles. The average molecular weight is 301 g/mol. The van der Waals surface area contributed by atoms with E-state index in [1.54, 1.807) is 0 Å². The Kier molecular flexibility index (Phi) is 6.24. The highest BCUT2D eigenvalue weighted by molar-refractivity contribution is 6.08. The number of halogens is 1. The molecule has 0 aromatic heterocycles. The van der Waals surface area contributed by atoms with E-state index in [0.717, 1.165) is 17.0 Å². The minimum Gasteiger partial charge on any atom is -0.469 e. The van der Waals surface area contributed by atoms with Crippen molar-refractivity contribution in [3.63, 3.8) is 0 Å². The Morgan fingerprint density at radius 1 is 1.50 bits per heavy atom. The highest BCUT2D eigenvalue weighted by Crippen LogP contribution is 2.21. The second-order valence-electron chi connectivity index (χ2n) is 4.21. The van der Waals surface area contributed by atoms with Gasteiger partial charge in [0.25, 0.3) is 0 Å². The van der Waals surface area contributed by atoms with E-state index in [4.69, 9.17) is 9.68 Å². The predicted octanol–water partition coefficient (Wildman–Crippen LogP) is 2.00. The van der Waals surface area contributed by atoms with Crippen LogP contribution >= 0.6 is 12.4 Å². The number of oxime groups is 2. The van der Waals surface area contributed by atoms with Gasteiger partial charge in [-0.1, -0.05) is 22.5 Å². The highest BCUT2D eigenvalue weighted by Gasteiger charge is 2.26. The van der Waals surface area contributed by atoms with Gasteiger partial charge in [-0.25, -0.2) is 0 Å². The summed E-state index contributed by atoms with van der Waals surface area (Å²) in [6.07, 6.45) is 7.12. The Hall–Kier alpha value is -1.82. The van der Waals surface area contributed by atoms with E-state index >= 15 is 0 Å². The van der Waals surface area contributed by atoms with Crippen molar-refractivity contribution in [2.45, 2.75) is 25.4 Å². The number of hydrogen-bond acceptors (Lipinski definition) is 6. The summed E-state index contributed by atoms with van der Waals surface area (Å²) in [5, 5.41) is 7.88. The van der Waals surface area contributed by atoms with Crippen molar-refractivity contribution in [2.75, 3.05) is 14.2 Å². The van der Waals surface area contributed by atoms with Crippen LogP contribution in [0.15, 0.2) is 34.1 Å². The lowest BCUT2D eigenvalue weighted by Gasteiger charge is -2.08. The molecular formula is C13H17ClN2O4. The van der Waals surface area contributed by atoms with E-state index in [-0.39, 0.29) is 30.9 Å². The molecule has 1 unspecified atom stereocenters. The normalized spacial score (nSPS) is 22.5. The zero-order chi connectivity index (χ0) is 13.7. The lowest BCUT2D eigenvalue weighted by Crippen LogP contribution is -2.15. The summed E-state index contributed by atoms with van der Waals surface area (Å²) in [6.45, 7) is 0. The predicted molar refractivity (Wildman–Crippen MR) is 77.1 cm³/mol.